The molecule has 4 rings (SSSR count). The third-order valence-corrected chi connectivity index (χ3v) is 8.42. The molecule has 2 aliphatic heterocycles. The number of H-pyrrole nitrogens is 1. The van der Waals surface area contributed by atoms with Gasteiger partial charge in [-0.2, -0.15) is 4.31 Å². The first-order valence-electron chi connectivity index (χ1n) is 11.6. The van der Waals surface area contributed by atoms with Crippen LogP contribution in [0.5, 0.6) is 0 Å². The zero-order chi connectivity index (χ0) is 24.5. The summed E-state index contributed by atoms with van der Waals surface area (Å²) in [5, 5.41) is 0. The number of amides is 1. The van der Waals surface area contributed by atoms with Gasteiger partial charge in [0.25, 0.3) is 5.91 Å². The van der Waals surface area contributed by atoms with Crippen LogP contribution in [0.2, 0.25) is 0 Å². The van der Waals surface area contributed by atoms with E-state index in [9.17, 15) is 18.0 Å². The number of carbonyl (C=O) groups is 2. The second-order valence-electron chi connectivity index (χ2n) is 8.72. The molecule has 0 bridgehead atoms. The molecule has 9 nitrogen and oxygen atoms in total. The van der Waals surface area contributed by atoms with Gasteiger partial charge in [0.15, 0.2) is 0 Å². The summed E-state index contributed by atoms with van der Waals surface area (Å²) in [6.45, 7) is 5.40. The molecular weight excluding hydrogens is 458 g/mol. The topological polar surface area (TPSA) is 109 Å². The summed E-state index contributed by atoms with van der Waals surface area (Å²) >= 11 is 0. The van der Waals surface area contributed by atoms with Crippen molar-refractivity contribution in [3.05, 3.63) is 46.3 Å². The second kappa shape index (κ2) is 9.89. The van der Waals surface area contributed by atoms with Crippen molar-refractivity contribution in [1.82, 2.24) is 9.29 Å². The molecule has 10 heteroatoms. The average molecular weight is 490 g/mol. The molecule has 2 aromatic rings. The second-order valence-corrected chi connectivity index (χ2v) is 10.7. The highest BCUT2D eigenvalue weighted by Crippen LogP contribution is 2.33. The van der Waals surface area contributed by atoms with Crippen LogP contribution in [0, 0.1) is 13.8 Å². The fourth-order valence-corrected chi connectivity index (χ4v) is 6.27. The van der Waals surface area contributed by atoms with Crippen LogP contribution in [0.25, 0.3) is 0 Å². The van der Waals surface area contributed by atoms with E-state index in [4.69, 9.17) is 9.47 Å². The molecule has 0 aliphatic carbocycles. The highest BCUT2D eigenvalue weighted by molar-refractivity contribution is 7.89. The normalized spacial score (nSPS) is 16.5. The van der Waals surface area contributed by atoms with Gasteiger partial charge >= 0.3 is 5.97 Å². The number of nitrogens with zero attached hydrogens (tertiary/aromatic N) is 2. The van der Waals surface area contributed by atoms with E-state index in [0.717, 1.165) is 24.8 Å². The maximum absolute atomic E-state index is 13.4. The first-order valence-corrected chi connectivity index (χ1v) is 13.0. The third-order valence-electron chi connectivity index (χ3n) is 6.52. The summed E-state index contributed by atoms with van der Waals surface area (Å²) in [4.78, 5) is 30.8. The Hall–Kier alpha value is -2.69. The summed E-state index contributed by atoms with van der Waals surface area (Å²) < 4.78 is 37.8. The van der Waals surface area contributed by atoms with Gasteiger partial charge in [-0.25, -0.2) is 13.2 Å². The van der Waals surface area contributed by atoms with Crippen LogP contribution >= 0.6 is 0 Å². The Kier molecular flexibility index (Phi) is 7.11. The van der Waals surface area contributed by atoms with Gasteiger partial charge < -0.3 is 19.4 Å². The Bertz CT molecular complexity index is 1200. The van der Waals surface area contributed by atoms with Gasteiger partial charge in [-0.3, -0.25) is 4.79 Å². The van der Waals surface area contributed by atoms with Crippen molar-refractivity contribution in [2.45, 2.75) is 44.4 Å². The van der Waals surface area contributed by atoms with Gasteiger partial charge in [-0.1, -0.05) is 6.42 Å². The fraction of sp³-hybridized carbons (Fsp3) is 0.500. The zero-order valence-electron chi connectivity index (χ0n) is 19.8. The number of fused-ring (bicyclic) bond motifs is 1. The molecule has 1 saturated heterocycles. The average Bonchev–Trinajstić information content (AvgIpc) is 3.39. The highest BCUT2D eigenvalue weighted by atomic mass is 32.2. The van der Waals surface area contributed by atoms with Gasteiger partial charge in [-0.05, 0) is 62.4 Å². The number of anilines is 1. The van der Waals surface area contributed by atoms with Gasteiger partial charge in [-0.15, -0.1) is 0 Å². The first kappa shape index (κ1) is 24.4. The smallest absolute Gasteiger partial charge is 0.340 e. The first-order chi connectivity index (χ1) is 16.3. The van der Waals surface area contributed by atoms with Gasteiger partial charge in [0, 0.05) is 38.1 Å². The summed E-state index contributed by atoms with van der Waals surface area (Å²) in [6, 6.07) is 4.99. The molecule has 1 aromatic carbocycles. The SMILES string of the molecule is COCCOC(=O)c1c(C)[nH]c(C(=O)N2CCc3cc(S(=O)(=O)N4CCCCC4)ccc32)c1C. The third kappa shape index (κ3) is 4.49. The molecule has 34 heavy (non-hydrogen) atoms. The minimum Gasteiger partial charge on any atom is -0.460 e. The number of aryl methyl sites for hydroxylation is 1. The lowest BCUT2D eigenvalue weighted by Crippen LogP contribution is -2.35. The Balaban J connectivity index is 1.56. The monoisotopic (exact) mass is 489 g/mol. The fourth-order valence-electron chi connectivity index (χ4n) is 4.70. The Morgan fingerprint density at radius 1 is 1.06 bits per heavy atom. The van der Waals surface area contributed by atoms with Crippen LogP contribution < -0.4 is 4.90 Å². The number of ether oxygens (including phenoxy) is 2. The van der Waals surface area contributed by atoms with Gasteiger partial charge in [0.05, 0.1) is 17.1 Å². The molecule has 1 N–H and O–H groups in total. The molecule has 0 atom stereocenters. The standard InChI is InChI=1S/C24H31N3O6S/c1-16-21(24(29)33-14-13-32-3)17(2)25-22(16)23(28)27-12-9-18-15-19(7-8-20(18)27)34(30,31)26-10-5-4-6-11-26/h7-8,15,25H,4-6,9-14H2,1-3H3. The van der Waals surface area contributed by atoms with E-state index >= 15 is 0 Å². The van der Waals surface area contributed by atoms with Crippen molar-refractivity contribution < 1.29 is 27.5 Å². The molecule has 0 spiro atoms. The number of sulfonamides is 1. The van der Waals surface area contributed by atoms with Crippen LogP contribution in [0.1, 0.15) is 56.9 Å². The van der Waals surface area contributed by atoms with Gasteiger partial charge in [0.2, 0.25) is 10.0 Å². The Labute approximate surface area is 200 Å². The van der Waals surface area contributed by atoms with Gasteiger partial charge in [0.1, 0.15) is 12.3 Å². The number of piperidine rings is 1. The van der Waals surface area contributed by atoms with E-state index in [1.807, 2.05) is 0 Å². The van der Waals surface area contributed by atoms with Crippen LogP contribution in [-0.4, -0.2) is 69.5 Å². The number of aromatic nitrogens is 1. The lowest BCUT2D eigenvalue weighted by Gasteiger charge is -2.26. The Morgan fingerprint density at radius 2 is 1.79 bits per heavy atom. The molecule has 0 unspecified atom stereocenters. The van der Waals surface area contributed by atoms with E-state index in [-0.39, 0.29) is 17.4 Å². The molecule has 0 radical (unpaired) electrons. The quantitative estimate of drug-likeness (QED) is 0.473. The molecule has 1 aromatic heterocycles. The summed E-state index contributed by atoms with van der Waals surface area (Å²) in [5.41, 5.74) is 3.29. The minimum absolute atomic E-state index is 0.130. The number of methoxy groups -OCH3 is 1. The Morgan fingerprint density at radius 3 is 2.50 bits per heavy atom. The molecule has 184 valence electrons. The van der Waals surface area contributed by atoms with E-state index < -0.39 is 16.0 Å². The van der Waals surface area contributed by atoms with Crippen molar-refractivity contribution in [3.63, 3.8) is 0 Å². The maximum atomic E-state index is 13.4. The van der Waals surface area contributed by atoms with Crippen LogP contribution in [0.4, 0.5) is 5.69 Å². The number of hydrogen-bond acceptors (Lipinski definition) is 6. The number of aromatic amines is 1. The van der Waals surface area contributed by atoms with Crippen molar-refractivity contribution >= 4 is 27.6 Å². The zero-order valence-corrected chi connectivity index (χ0v) is 20.7. The molecule has 1 fully saturated rings. The van der Waals surface area contributed by atoms with Crippen LogP contribution in [0.15, 0.2) is 23.1 Å². The van der Waals surface area contributed by atoms with E-state index in [0.29, 0.717) is 60.9 Å². The number of hydrogen-bond donors (Lipinski definition) is 1. The van der Waals surface area contributed by atoms with Crippen molar-refractivity contribution in [3.8, 4) is 0 Å². The summed E-state index contributed by atoms with van der Waals surface area (Å²) in [6.07, 6.45) is 3.37. The van der Waals surface area contributed by atoms with E-state index in [1.54, 1.807) is 41.3 Å². The molecular formula is C24H31N3O6S. The van der Waals surface area contributed by atoms with E-state index in [2.05, 4.69) is 4.98 Å². The molecule has 1 amide bonds. The van der Waals surface area contributed by atoms with Crippen molar-refractivity contribution in [1.29, 1.82) is 0 Å². The maximum Gasteiger partial charge on any atom is 0.340 e. The number of carbonyl (C=O) groups excluding carboxylic acids is 2. The predicted octanol–water partition coefficient (Wildman–Crippen LogP) is 2.81. The molecule has 2 aliphatic rings. The van der Waals surface area contributed by atoms with Crippen LogP contribution in [0.3, 0.4) is 0 Å². The van der Waals surface area contributed by atoms with Crippen LogP contribution in [-0.2, 0) is 25.9 Å². The predicted molar refractivity (Wildman–Crippen MR) is 127 cm³/mol. The van der Waals surface area contributed by atoms with Crippen molar-refractivity contribution in [2.24, 2.45) is 0 Å². The summed E-state index contributed by atoms with van der Waals surface area (Å²) in [5.74, 6) is -0.765. The minimum atomic E-state index is -3.54. The lowest BCUT2D eigenvalue weighted by molar-refractivity contribution is 0.0386. The largest absolute Gasteiger partial charge is 0.460 e. The lowest BCUT2D eigenvalue weighted by atomic mass is 10.1. The van der Waals surface area contributed by atoms with E-state index in [1.165, 1.54) is 7.11 Å². The number of nitrogens with one attached hydrogen (secondary N) is 1. The number of rotatable bonds is 7. The number of esters is 1. The molecule has 3 heterocycles. The molecule has 0 saturated carbocycles. The van der Waals surface area contributed by atoms with Crippen molar-refractivity contribution in [2.75, 3.05) is 44.9 Å². The highest BCUT2D eigenvalue weighted by Gasteiger charge is 2.32. The summed E-state index contributed by atoms with van der Waals surface area (Å²) in [7, 11) is -2.01. The number of benzene rings is 1.